The Morgan fingerprint density at radius 3 is 2.90 bits per heavy atom. The van der Waals surface area contributed by atoms with Crippen LogP contribution in [0.4, 0.5) is 5.69 Å². The average Bonchev–Trinajstić information content (AvgIpc) is 2.50. The number of para-hydroxylation sites is 1. The van der Waals surface area contributed by atoms with Gasteiger partial charge in [-0.15, -0.1) is 0 Å². The van der Waals surface area contributed by atoms with E-state index in [1.165, 1.54) is 0 Å². The van der Waals surface area contributed by atoms with E-state index in [4.69, 9.17) is 10.00 Å². The number of carbonyl (C=O) groups is 1. The summed E-state index contributed by atoms with van der Waals surface area (Å²) in [5.41, 5.74) is 0.830. The molecule has 0 bridgehead atoms. The number of benzene rings is 1. The van der Waals surface area contributed by atoms with Crippen LogP contribution in [0.2, 0.25) is 0 Å². The summed E-state index contributed by atoms with van der Waals surface area (Å²) in [6, 6.07) is 11.5. The van der Waals surface area contributed by atoms with E-state index < -0.39 is 0 Å². The van der Waals surface area contributed by atoms with Crippen LogP contribution >= 0.6 is 0 Å². The van der Waals surface area contributed by atoms with Gasteiger partial charge in [0.25, 0.3) is 0 Å². The molecule has 0 aliphatic carbocycles. The number of hydrogen-bond acceptors (Lipinski definition) is 4. The summed E-state index contributed by atoms with van der Waals surface area (Å²) in [6.45, 7) is 2.59. The summed E-state index contributed by atoms with van der Waals surface area (Å²) in [5, 5.41) is 12.0. The Kier molecular flexibility index (Phi) is 5.54. The highest BCUT2D eigenvalue weighted by atomic mass is 16.5. The van der Waals surface area contributed by atoms with Crippen molar-refractivity contribution >= 4 is 11.6 Å². The van der Waals surface area contributed by atoms with E-state index in [9.17, 15) is 4.79 Å². The molecule has 1 amide bonds. The zero-order chi connectivity index (χ0) is 14.2. The van der Waals surface area contributed by atoms with Gasteiger partial charge in [0.05, 0.1) is 31.6 Å². The van der Waals surface area contributed by atoms with E-state index in [1.807, 2.05) is 30.3 Å². The van der Waals surface area contributed by atoms with Crippen LogP contribution in [0, 0.1) is 11.3 Å². The van der Waals surface area contributed by atoms with Crippen LogP contribution in [0.25, 0.3) is 0 Å². The number of morpholine rings is 1. The molecule has 1 saturated heterocycles. The molecule has 5 nitrogen and oxygen atoms in total. The maximum atomic E-state index is 12.4. The van der Waals surface area contributed by atoms with Crippen molar-refractivity contribution in [3.05, 3.63) is 30.3 Å². The first-order valence-electron chi connectivity index (χ1n) is 6.86. The SMILES string of the molecule is N#CCCN(C(=O)CC1CNCCO1)c1ccccc1. The molecule has 1 fully saturated rings. The van der Waals surface area contributed by atoms with Crippen LogP contribution in [0.3, 0.4) is 0 Å². The second-order valence-corrected chi connectivity index (χ2v) is 4.69. The first-order valence-corrected chi connectivity index (χ1v) is 6.86. The van der Waals surface area contributed by atoms with Gasteiger partial charge in [0.1, 0.15) is 0 Å². The molecular formula is C15H19N3O2. The molecule has 20 heavy (non-hydrogen) atoms. The normalized spacial score (nSPS) is 18.2. The Balaban J connectivity index is 2.02. The van der Waals surface area contributed by atoms with Crippen molar-refractivity contribution in [1.29, 1.82) is 5.26 Å². The molecule has 1 N–H and O–H groups in total. The fourth-order valence-electron chi connectivity index (χ4n) is 2.22. The monoisotopic (exact) mass is 273 g/mol. The highest BCUT2D eigenvalue weighted by molar-refractivity contribution is 5.93. The maximum Gasteiger partial charge on any atom is 0.229 e. The first kappa shape index (κ1) is 14.5. The molecule has 0 spiro atoms. The van der Waals surface area contributed by atoms with Crippen LogP contribution in [0.15, 0.2) is 30.3 Å². The molecule has 2 rings (SSSR count). The Hall–Kier alpha value is -1.90. The van der Waals surface area contributed by atoms with E-state index in [2.05, 4.69) is 11.4 Å². The fourth-order valence-corrected chi connectivity index (χ4v) is 2.22. The number of nitrogens with one attached hydrogen (secondary N) is 1. The molecule has 106 valence electrons. The Bertz CT molecular complexity index is 464. The van der Waals surface area contributed by atoms with E-state index >= 15 is 0 Å². The number of amides is 1. The van der Waals surface area contributed by atoms with Crippen LogP contribution in [-0.2, 0) is 9.53 Å². The minimum atomic E-state index is -0.0791. The van der Waals surface area contributed by atoms with Crippen molar-refractivity contribution in [2.45, 2.75) is 18.9 Å². The minimum Gasteiger partial charge on any atom is -0.375 e. The van der Waals surface area contributed by atoms with Crippen molar-refractivity contribution in [2.24, 2.45) is 0 Å². The van der Waals surface area contributed by atoms with Crippen molar-refractivity contribution in [3.8, 4) is 6.07 Å². The quantitative estimate of drug-likeness (QED) is 0.878. The van der Waals surface area contributed by atoms with Crippen LogP contribution in [0.1, 0.15) is 12.8 Å². The maximum absolute atomic E-state index is 12.4. The summed E-state index contributed by atoms with van der Waals surface area (Å²) in [5.74, 6) is 0.000139. The minimum absolute atomic E-state index is 0.000139. The van der Waals surface area contributed by atoms with Crippen molar-refractivity contribution in [1.82, 2.24) is 5.32 Å². The van der Waals surface area contributed by atoms with Gasteiger partial charge in [-0.3, -0.25) is 4.79 Å². The van der Waals surface area contributed by atoms with E-state index in [-0.39, 0.29) is 12.0 Å². The van der Waals surface area contributed by atoms with E-state index in [1.54, 1.807) is 4.90 Å². The number of carbonyl (C=O) groups excluding carboxylic acids is 1. The van der Waals surface area contributed by atoms with Gasteiger partial charge < -0.3 is 15.0 Å². The van der Waals surface area contributed by atoms with Gasteiger partial charge in [-0.2, -0.15) is 5.26 Å². The predicted molar refractivity (Wildman–Crippen MR) is 76.3 cm³/mol. The summed E-state index contributed by atoms with van der Waals surface area (Å²) >= 11 is 0. The Morgan fingerprint density at radius 2 is 2.25 bits per heavy atom. The van der Waals surface area contributed by atoms with Crippen LogP contribution in [0.5, 0.6) is 0 Å². The Morgan fingerprint density at radius 1 is 1.45 bits per heavy atom. The second kappa shape index (κ2) is 7.63. The lowest BCUT2D eigenvalue weighted by Gasteiger charge is -2.27. The largest absolute Gasteiger partial charge is 0.375 e. The lowest BCUT2D eigenvalue weighted by Crippen LogP contribution is -2.42. The lowest BCUT2D eigenvalue weighted by atomic mass is 10.2. The smallest absolute Gasteiger partial charge is 0.229 e. The summed E-state index contributed by atoms with van der Waals surface area (Å²) in [4.78, 5) is 14.1. The van der Waals surface area contributed by atoms with Crippen molar-refractivity contribution in [2.75, 3.05) is 31.1 Å². The number of ether oxygens (including phenoxy) is 1. The molecule has 0 aromatic heterocycles. The highest BCUT2D eigenvalue weighted by Crippen LogP contribution is 2.16. The molecule has 1 aliphatic rings. The molecule has 1 heterocycles. The molecule has 1 atom stereocenters. The third-order valence-corrected chi connectivity index (χ3v) is 3.22. The third-order valence-electron chi connectivity index (χ3n) is 3.22. The van der Waals surface area contributed by atoms with E-state index in [0.717, 1.165) is 12.2 Å². The number of anilines is 1. The van der Waals surface area contributed by atoms with Crippen LogP contribution in [-0.4, -0.2) is 38.3 Å². The second-order valence-electron chi connectivity index (χ2n) is 4.69. The molecule has 0 saturated carbocycles. The highest BCUT2D eigenvalue weighted by Gasteiger charge is 2.22. The topological polar surface area (TPSA) is 65.4 Å². The number of hydrogen-bond donors (Lipinski definition) is 1. The molecular weight excluding hydrogens is 254 g/mol. The number of nitriles is 1. The summed E-state index contributed by atoms with van der Waals surface area (Å²) < 4.78 is 5.56. The Labute approximate surface area is 119 Å². The van der Waals surface area contributed by atoms with Gasteiger partial charge in [0.15, 0.2) is 0 Å². The zero-order valence-corrected chi connectivity index (χ0v) is 11.4. The van der Waals surface area contributed by atoms with E-state index in [0.29, 0.717) is 32.5 Å². The zero-order valence-electron chi connectivity index (χ0n) is 11.4. The summed E-state index contributed by atoms with van der Waals surface area (Å²) in [7, 11) is 0. The van der Waals surface area contributed by atoms with Gasteiger partial charge in [-0.1, -0.05) is 18.2 Å². The number of nitrogens with zero attached hydrogens (tertiary/aromatic N) is 2. The first-order chi connectivity index (χ1) is 9.81. The molecule has 1 aromatic rings. The van der Waals surface area contributed by atoms with Gasteiger partial charge in [0.2, 0.25) is 5.91 Å². The fraction of sp³-hybridized carbons (Fsp3) is 0.467. The molecule has 0 radical (unpaired) electrons. The third kappa shape index (κ3) is 4.05. The molecule has 1 aliphatic heterocycles. The number of rotatable bonds is 5. The predicted octanol–water partition coefficient (Wildman–Crippen LogP) is 1.31. The van der Waals surface area contributed by atoms with Gasteiger partial charge >= 0.3 is 0 Å². The van der Waals surface area contributed by atoms with Gasteiger partial charge in [-0.25, -0.2) is 0 Å². The van der Waals surface area contributed by atoms with Gasteiger partial charge in [0, 0.05) is 25.3 Å². The molecule has 5 heteroatoms. The standard InChI is InChI=1S/C15H19N3O2/c16-7-4-9-18(13-5-2-1-3-6-13)15(19)11-14-12-17-8-10-20-14/h1-3,5-6,14,17H,4,8-12H2. The molecule has 1 unspecified atom stereocenters. The molecule has 1 aromatic carbocycles. The lowest BCUT2D eigenvalue weighted by molar-refractivity contribution is -0.121. The van der Waals surface area contributed by atoms with Crippen molar-refractivity contribution < 1.29 is 9.53 Å². The van der Waals surface area contributed by atoms with Crippen molar-refractivity contribution in [3.63, 3.8) is 0 Å². The van der Waals surface area contributed by atoms with Crippen LogP contribution < -0.4 is 10.2 Å². The average molecular weight is 273 g/mol. The van der Waals surface area contributed by atoms with Gasteiger partial charge in [-0.05, 0) is 12.1 Å². The summed E-state index contributed by atoms with van der Waals surface area (Å²) in [6.07, 6.45) is 0.585.